The lowest BCUT2D eigenvalue weighted by Gasteiger charge is -2.23. The first-order valence-corrected chi connectivity index (χ1v) is 11.8. The summed E-state index contributed by atoms with van der Waals surface area (Å²) in [6.07, 6.45) is 2.57. The van der Waals surface area contributed by atoms with Crippen LogP contribution in [-0.2, 0) is 6.42 Å². The Morgan fingerprint density at radius 2 is 2.06 bits per heavy atom. The average Bonchev–Trinajstić information content (AvgIpc) is 3.56. The number of halogens is 1. The summed E-state index contributed by atoms with van der Waals surface area (Å²) in [4.78, 5) is 11.1. The zero-order valence-corrected chi connectivity index (χ0v) is 19.2. The molecule has 4 aromatic rings. The monoisotopic (exact) mass is 479 g/mol. The molecule has 10 heteroatoms. The van der Waals surface area contributed by atoms with Crippen molar-refractivity contribution in [2.24, 2.45) is 5.73 Å². The normalized spacial score (nSPS) is 15.7. The Kier molecular flexibility index (Phi) is 5.97. The van der Waals surface area contributed by atoms with Crippen LogP contribution in [-0.4, -0.2) is 38.6 Å². The summed E-state index contributed by atoms with van der Waals surface area (Å²) in [5.74, 6) is 1.20. The van der Waals surface area contributed by atoms with Crippen molar-refractivity contribution >= 4 is 39.7 Å². The van der Waals surface area contributed by atoms with Gasteiger partial charge in [-0.25, -0.2) is 4.98 Å². The molecule has 0 saturated carbocycles. The van der Waals surface area contributed by atoms with Gasteiger partial charge in [0, 0.05) is 46.2 Å². The summed E-state index contributed by atoms with van der Waals surface area (Å²) in [5, 5.41) is 18.6. The highest BCUT2D eigenvalue weighted by Gasteiger charge is 2.27. The molecule has 1 atom stereocenters. The van der Waals surface area contributed by atoms with Crippen molar-refractivity contribution < 1.29 is 4.52 Å². The van der Waals surface area contributed by atoms with Crippen molar-refractivity contribution in [2.75, 3.05) is 11.9 Å². The van der Waals surface area contributed by atoms with E-state index in [1.54, 1.807) is 0 Å². The third kappa shape index (κ3) is 4.84. The maximum atomic E-state index is 7.70. The maximum absolute atomic E-state index is 7.70. The molecule has 0 bridgehead atoms. The van der Waals surface area contributed by atoms with Gasteiger partial charge < -0.3 is 20.5 Å². The molecule has 2 aromatic heterocycles. The summed E-state index contributed by atoms with van der Waals surface area (Å²) < 4.78 is 5.46. The number of nitrogens with one attached hydrogen (secondary N) is 2. The molecule has 5 rings (SSSR count). The van der Waals surface area contributed by atoms with Crippen LogP contribution >= 0.6 is 22.9 Å². The molecule has 1 aliphatic heterocycles. The van der Waals surface area contributed by atoms with E-state index in [-0.39, 0.29) is 12.0 Å². The van der Waals surface area contributed by atoms with Crippen LogP contribution in [0.2, 0.25) is 5.02 Å². The maximum Gasteiger partial charge on any atom is 0.229 e. The largest absolute Gasteiger partial charge is 0.370 e. The van der Waals surface area contributed by atoms with Crippen molar-refractivity contribution in [3.05, 3.63) is 64.8 Å². The third-order valence-corrected chi connectivity index (χ3v) is 6.58. The minimum atomic E-state index is 0.0974. The standard InChI is InChI=1S/C23H22ClN7OS/c24-16-4-1-3-15(11-16)19-13-33-23(28-19)27-17-8-6-14(7-9-17)21-29-20(32-30-21)12-18-5-2-10-31(18)22(25)26/h1,3-4,6-9,11,13,18H,2,5,10,12H2,(H3,25,26)(H,27,28)/t18-/m0/s1. The van der Waals surface area contributed by atoms with Crippen molar-refractivity contribution in [1.82, 2.24) is 20.0 Å². The first-order valence-electron chi connectivity index (χ1n) is 10.6. The zero-order chi connectivity index (χ0) is 22.8. The summed E-state index contributed by atoms with van der Waals surface area (Å²) >= 11 is 7.62. The fourth-order valence-electron chi connectivity index (χ4n) is 3.96. The number of hydrogen-bond donors (Lipinski definition) is 3. The van der Waals surface area contributed by atoms with Crippen molar-refractivity contribution in [3.63, 3.8) is 0 Å². The smallest absolute Gasteiger partial charge is 0.229 e. The summed E-state index contributed by atoms with van der Waals surface area (Å²) in [6, 6.07) is 15.6. The number of rotatable bonds is 6. The Balaban J connectivity index is 1.24. The van der Waals surface area contributed by atoms with Gasteiger partial charge in [0.05, 0.1) is 5.69 Å². The van der Waals surface area contributed by atoms with Crippen LogP contribution in [0.4, 0.5) is 10.8 Å². The van der Waals surface area contributed by atoms with E-state index in [1.807, 2.05) is 58.8 Å². The fourth-order valence-corrected chi connectivity index (χ4v) is 4.89. The summed E-state index contributed by atoms with van der Waals surface area (Å²) in [7, 11) is 0. The van der Waals surface area contributed by atoms with Gasteiger partial charge in [-0.3, -0.25) is 5.41 Å². The van der Waals surface area contributed by atoms with Gasteiger partial charge in [0.25, 0.3) is 0 Å². The Morgan fingerprint density at radius 3 is 2.85 bits per heavy atom. The molecule has 33 heavy (non-hydrogen) atoms. The van der Waals surface area contributed by atoms with Gasteiger partial charge in [-0.2, -0.15) is 4.98 Å². The van der Waals surface area contributed by atoms with Crippen LogP contribution in [0.1, 0.15) is 18.7 Å². The minimum Gasteiger partial charge on any atom is -0.370 e. The van der Waals surface area contributed by atoms with E-state index in [9.17, 15) is 0 Å². The highest BCUT2D eigenvalue weighted by Crippen LogP contribution is 2.29. The Labute approximate surface area is 199 Å². The van der Waals surface area contributed by atoms with Crippen LogP contribution in [0.5, 0.6) is 0 Å². The molecule has 8 nitrogen and oxygen atoms in total. The fraction of sp³-hybridized carbons (Fsp3) is 0.217. The minimum absolute atomic E-state index is 0.0974. The highest BCUT2D eigenvalue weighted by atomic mass is 35.5. The zero-order valence-electron chi connectivity index (χ0n) is 17.7. The molecule has 4 N–H and O–H groups in total. The van der Waals surface area contributed by atoms with Gasteiger partial charge in [-0.1, -0.05) is 28.9 Å². The molecule has 3 heterocycles. The number of guanidine groups is 1. The van der Waals surface area contributed by atoms with E-state index in [0.717, 1.165) is 47.0 Å². The number of benzene rings is 2. The van der Waals surface area contributed by atoms with E-state index in [0.29, 0.717) is 23.2 Å². The molecule has 1 fully saturated rings. The van der Waals surface area contributed by atoms with Crippen LogP contribution in [0.15, 0.2) is 58.4 Å². The SMILES string of the molecule is N=C(N)N1CCC[C@H]1Cc1nc(-c2ccc(Nc3nc(-c4cccc(Cl)c4)cs3)cc2)no1. The van der Waals surface area contributed by atoms with Crippen molar-refractivity contribution in [2.45, 2.75) is 25.3 Å². The molecule has 1 saturated heterocycles. The Morgan fingerprint density at radius 1 is 1.21 bits per heavy atom. The van der Waals surface area contributed by atoms with Crippen LogP contribution in [0.25, 0.3) is 22.6 Å². The molecule has 0 spiro atoms. The van der Waals surface area contributed by atoms with E-state index in [1.165, 1.54) is 11.3 Å². The van der Waals surface area contributed by atoms with E-state index >= 15 is 0 Å². The summed E-state index contributed by atoms with van der Waals surface area (Å²) in [6.45, 7) is 0.801. The van der Waals surface area contributed by atoms with Crippen LogP contribution < -0.4 is 11.1 Å². The first-order chi connectivity index (χ1) is 16.0. The first kappa shape index (κ1) is 21.4. The average molecular weight is 480 g/mol. The number of hydrogen-bond acceptors (Lipinski definition) is 7. The lowest BCUT2D eigenvalue weighted by molar-refractivity contribution is 0.320. The predicted octanol–water partition coefficient (Wildman–Crippen LogP) is 5.16. The molecule has 0 amide bonds. The Bertz CT molecular complexity index is 1270. The van der Waals surface area contributed by atoms with E-state index < -0.39 is 0 Å². The number of nitrogens with two attached hydrogens (primary N) is 1. The topological polar surface area (TPSA) is 117 Å². The number of thiazole rings is 1. The van der Waals surface area contributed by atoms with Gasteiger partial charge in [0.15, 0.2) is 11.1 Å². The van der Waals surface area contributed by atoms with Crippen LogP contribution in [0.3, 0.4) is 0 Å². The summed E-state index contributed by atoms with van der Waals surface area (Å²) in [5.41, 5.74) is 9.32. The third-order valence-electron chi connectivity index (χ3n) is 5.58. The van der Waals surface area contributed by atoms with Crippen LogP contribution in [0, 0.1) is 5.41 Å². The molecular formula is C23H22ClN7OS. The van der Waals surface area contributed by atoms with Gasteiger partial charge in [0.2, 0.25) is 11.7 Å². The highest BCUT2D eigenvalue weighted by molar-refractivity contribution is 7.14. The van der Waals surface area contributed by atoms with Crippen molar-refractivity contribution in [3.8, 4) is 22.6 Å². The second-order valence-corrected chi connectivity index (χ2v) is 9.14. The number of anilines is 2. The molecular weight excluding hydrogens is 458 g/mol. The lowest BCUT2D eigenvalue weighted by atomic mass is 10.1. The quantitative estimate of drug-likeness (QED) is 0.258. The lowest BCUT2D eigenvalue weighted by Crippen LogP contribution is -2.41. The van der Waals surface area contributed by atoms with E-state index in [4.69, 9.17) is 27.3 Å². The molecule has 0 unspecified atom stereocenters. The number of aromatic nitrogens is 3. The van der Waals surface area contributed by atoms with E-state index in [2.05, 4.69) is 20.4 Å². The second-order valence-electron chi connectivity index (χ2n) is 7.84. The van der Waals surface area contributed by atoms with Gasteiger partial charge in [-0.05, 0) is 49.2 Å². The predicted molar refractivity (Wildman–Crippen MR) is 131 cm³/mol. The molecule has 1 aliphatic rings. The van der Waals surface area contributed by atoms with Gasteiger partial charge in [0.1, 0.15) is 0 Å². The Hall–Kier alpha value is -3.43. The second kappa shape index (κ2) is 9.21. The number of nitrogens with zero attached hydrogens (tertiary/aromatic N) is 4. The number of likely N-dealkylation sites (tertiary alicyclic amines) is 1. The molecule has 0 radical (unpaired) electrons. The molecule has 0 aliphatic carbocycles. The molecule has 2 aromatic carbocycles. The van der Waals surface area contributed by atoms with Gasteiger partial charge >= 0.3 is 0 Å². The van der Waals surface area contributed by atoms with Gasteiger partial charge in [-0.15, -0.1) is 11.3 Å². The molecule has 168 valence electrons. The van der Waals surface area contributed by atoms with Crippen molar-refractivity contribution in [1.29, 1.82) is 5.41 Å².